The lowest BCUT2D eigenvalue weighted by atomic mass is 10.00. The monoisotopic (exact) mass is 476 g/mol. The van der Waals surface area contributed by atoms with E-state index in [1.54, 1.807) is 24.3 Å². The lowest BCUT2D eigenvalue weighted by Crippen LogP contribution is -2.27. The van der Waals surface area contributed by atoms with Gasteiger partial charge < -0.3 is 15.8 Å². The molecule has 0 bridgehead atoms. The molecule has 34 heavy (non-hydrogen) atoms. The first-order chi connectivity index (χ1) is 16.4. The van der Waals surface area contributed by atoms with Crippen molar-refractivity contribution in [2.24, 2.45) is 11.7 Å². The van der Waals surface area contributed by atoms with Gasteiger partial charge in [0.15, 0.2) is 5.12 Å². The van der Waals surface area contributed by atoms with Gasteiger partial charge in [-0.3, -0.25) is 9.59 Å². The number of anilines is 1. The molecule has 176 valence electrons. The van der Waals surface area contributed by atoms with Crippen molar-refractivity contribution < 1.29 is 19.1 Å². The number of rotatable bonds is 10. The van der Waals surface area contributed by atoms with Crippen LogP contribution in [0, 0.1) is 5.92 Å². The van der Waals surface area contributed by atoms with E-state index in [2.05, 4.69) is 5.32 Å². The van der Waals surface area contributed by atoms with Crippen molar-refractivity contribution in [1.29, 1.82) is 0 Å². The molecule has 6 nitrogen and oxygen atoms in total. The number of ether oxygens (including phenoxy) is 1. The van der Waals surface area contributed by atoms with Gasteiger partial charge in [0.2, 0.25) is 5.91 Å². The molecule has 0 aromatic heterocycles. The van der Waals surface area contributed by atoms with E-state index >= 15 is 0 Å². The van der Waals surface area contributed by atoms with Crippen molar-refractivity contribution in [3.63, 3.8) is 0 Å². The molecule has 7 heteroatoms. The van der Waals surface area contributed by atoms with E-state index in [1.165, 1.54) is 6.92 Å². The first kappa shape index (κ1) is 25.2. The zero-order valence-electron chi connectivity index (χ0n) is 19.0. The van der Waals surface area contributed by atoms with Crippen LogP contribution < -0.4 is 11.1 Å². The number of benzene rings is 3. The number of amides is 1. The lowest BCUT2D eigenvalue weighted by Gasteiger charge is -2.16. The van der Waals surface area contributed by atoms with Gasteiger partial charge in [-0.2, -0.15) is 0 Å². The molecule has 0 saturated heterocycles. The third-order valence-electron chi connectivity index (χ3n) is 5.18. The molecular formula is C27H28N2O4S. The van der Waals surface area contributed by atoms with Crippen LogP contribution in [0.3, 0.4) is 0 Å². The van der Waals surface area contributed by atoms with E-state index in [-0.39, 0.29) is 17.6 Å². The summed E-state index contributed by atoms with van der Waals surface area (Å²) in [5.74, 6) is -0.709. The molecule has 0 aliphatic heterocycles. The van der Waals surface area contributed by atoms with Crippen LogP contribution in [0.2, 0.25) is 0 Å². The second kappa shape index (κ2) is 12.7. The zero-order valence-corrected chi connectivity index (χ0v) is 19.8. The molecule has 0 radical (unpaired) electrons. The van der Waals surface area contributed by atoms with Crippen molar-refractivity contribution in [2.45, 2.75) is 26.5 Å². The third kappa shape index (κ3) is 7.86. The highest BCUT2D eigenvalue weighted by atomic mass is 32.2. The first-order valence-electron chi connectivity index (χ1n) is 11.0. The fraction of sp³-hybridized carbons (Fsp3) is 0.222. The fourth-order valence-corrected chi connectivity index (χ4v) is 4.02. The topological polar surface area (TPSA) is 98.5 Å². The van der Waals surface area contributed by atoms with Crippen molar-refractivity contribution in [3.05, 3.63) is 101 Å². The second-order valence-electron chi connectivity index (χ2n) is 7.86. The van der Waals surface area contributed by atoms with Crippen molar-refractivity contribution in [2.75, 3.05) is 11.1 Å². The SMILES string of the molecule is CC(=O)SCC(Cc1ccccc1)C(=O)Nc1cccc(C(=O)OCc2ccc(CN)cc2)c1. The fourth-order valence-electron chi connectivity index (χ4n) is 3.32. The Labute approximate surface area is 203 Å². The molecule has 0 fully saturated rings. The first-order valence-corrected chi connectivity index (χ1v) is 12.0. The van der Waals surface area contributed by atoms with Gasteiger partial charge in [0.1, 0.15) is 6.61 Å². The van der Waals surface area contributed by atoms with Crippen LogP contribution in [0.15, 0.2) is 78.9 Å². The Balaban J connectivity index is 1.63. The number of esters is 1. The summed E-state index contributed by atoms with van der Waals surface area (Å²) in [6.45, 7) is 2.09. The lowest BCUT2D eigenvalue weighted by molar-refractivity contribution is -0.119. The van der Waals surface area contributed by atoms with Crippen LogP contribution in [0.25, 0.3) is 0 Å². The maximum Gasteiger partial charge on any atom is 0.338 e. The molecule has 0 spiro atoms. The molecule has 1 amide bonds. The minimum atomic E-state index is -0.480. The van der Waals surface area contributed by atoms with E-state index < -0.39 is 11.9 Å². The standard InChI is InChI=1S/C27H28N2O4S/c1-19(30)34-18-24(14-20-6-3-2-4-7-20)26(31)29-25-9-5-8-23(15-25)27(32)33-17-22-12-10-21(16-28)11-13-22/h2-13,15,24H,14,16-18,28H2,1H3,(H,29,31). The number of carbonyl (C=O) groups is 3. The molecular weight excluding hydrogens is 448 g/mol. The summed E-state index contributed by atoms with van der Waals surface area (Å²) in [6, 6.07) is 23.9. The van der Waals surface area contributed by atoms with Gasteiger partial charge in [0.25, 0.3) is 0 Å². The Kier molecular flexibility index (Phi) is 9.43. The minimum Gasteiger partial charge on any atom is -0.457 e. The van der Waals surface area contributed by atoms with Gasteiger partial charge in [-0.05, 0) is 41.3 Å². The van der Waals surface area contributed by atoms with Crippen molar-refractivity contribution in [3.8, 4) is 0 Å². The largest absolute Gasteiger partial charge is 0.457 e. The Bertz CT molecular complexity index is 1120. The van der Waals surface area contributed by atoms with Crippen molar-refractivity contribution >= 4 is 34.4 Å². The van der Waals surface area contributed by atoms with Gasteiger partial charge in [0.05, 0.1) is 11.5 Å². The van der Waals surface area contributed by atoms with E-state index in [0.29, 0.717) is 30.0 Å². The molecule has 0 saturated carbocycles. The highest BCUT2D eigenvalue weighted by Gasteiger charge is 2.21. The summed E-state index contributed by atoms with van der Waals surface area (Å²) in [5, 5.41) is 2.85. The van der Waals surface area contributed by atoms with Crippen LogP contribution in [-0.2, 0) is 33.9 Å². The van der Waals surface area contributed by atoms with Crippen LogP contribution >= 0.6 is 11.8 Å². The Morgan fingerprint density at radius 3 is 2.29 bits per heavy atom. The summed E-state index contributed by atoms with van der Waals surface area (Å²) in [7, 11) is 0. The maximum absolute atomic E-state index is 13.0. The molecule has 3 aromatic rings. The number of carbonyl (C=O) groups excluding carboxylic acids is 3. The van der Waals surface area contributed by atoms with Crippen LogP contribution in [0.1, 0.15) is 34.0 Å². The van der Waals surface area contributed by atoms with Gasteiger partial charge in [-0.15, -0.1) is 0 Å². The zero-order chi connectivity index (χ0) is 24.3. The molecule has 3 N–H and O–H groups in total. The molecule has 3 rings (SSSR count). The number of thioether (sulfide) groups is 1. The predicted octanol–water partition coefficient (Wildman–Crippen LogP) is 4.58. The predicted molar refractivity (Wildman–Crippen MR) is 135 cm³/mol. The molecule has 1 unspecified atom stereocenters. The van der Waals surface area contributed by atoms with Crippen molar-refractivity contribution in [1.82, 2.24) is 0 Å². The Morgan fingerprint density at radius 2 is 1.62 bits per heavy atom. The molecule has 0 aliphatic rings. The van der Waals surface area contributed by atoms with E-state index in [0.717, 1.165) is 28.5 Å². The number of nitrogens with two attached hydrogens (primary N) is 1. The Morgan fingerprint density at radius 1 is 0.912 bits per heavy atom. The van der Waals surface area contributed by atoms with Crippen LogP contribution in [-0.4, -0.2) is 22.7 Å². The summed E-state index contributed by atoms with van der Waals surface area (Å²) >= 11 is 1.13. The number of hydrogen-bond acceptors (Lipinski definition) is 6. The summed E-state index contributed by atoms with van der Waals surface area (Å²) in [4.78, 5) is 37.0. The summed E-state index contributed by atoms with van der Waals surface area (Å²) in [6.07, 6.45) is 0.512. The highest BCUT2D eigenvalue weighted by Crippen LogP contribution is 2.19. The van der Waals surface area contributed by atoms with E-state index in [4.69, 9.17) is 10.5 Å². The smallest absolute Gasteiger partial charge is 0.338 e. The Hall–Kier alpha value is -3.42. The second-order valence-corrected chi connectivity index (χ2v) is 9.05. The van der Waals surface area contributed by atoms with E-state index in [9.17, 15) is 14.4 Å². The summed E-state index contributed by atoms with van der Waals surface area (Å²) < 4.78 is 5.42. The van der Waals surface area contributed by atoms with Gasteiger partial charge in [-0.1, -0.05) is 72.4 Å². The molecule has 0 aliphatic carbocycles. The van der Waals surface area contributed by atoms with Gasteiger partial charge >= 0.3 is 5.97 Å². The third-order valence-corrected chi connectivity index (χ3v) is 6.15. The molecule has 3 aromatic carbocycles. The maximum atomic E-state index is 13.0. The molecule has 0 heterocycles. The number of hydrogen-bond donors (Lipinski definition) is 2. The average Bonchev–Trinajstić information content (AvgIpc) is 2.86. The minimum absolute atomic E-state index is 0.0340. The van der Waals surface area contributed by atoms with Gasteiger partial charge in [0, 0.05) is 24.9 Å². The van der Waals surface area contributed by atoms with Crippen LogP contribution in [0.5, 0.6) is 0 Å². The van der Waals surface area contributed by atoms with Gasteiger partial charge in [-0.25, -0.2) is 4.79 Å². The van der Waals surface area contributed by atoms with E-state index in [1.807, 2.05) is 54.6 Å². The average molecular weight is 477 g/mol. The summed E-state index contributed by atoms with van der Waals surface area (Å²) in [5.41, 5.74) is 9.33. The quantitative estimate of drug-likeness (QED) is 0.416. The highest BCUT2D eigenvalue weighted by molar-refractivity contribution is 8.13. The number of nitrogens with one attached hydrogen (secondary N) is 1. The normalized spacial score (nSPS) is 11.5. The molecule has 1 atom stereocenters. The van der Waals surface area contributed by atoms with Crippen LogP contribution in [0.4, 0.5) is 5.69 Å².